The molecule has 4 nitrogen and oxygen atoms in total. The van der Waals surface area contributed by atoms with Gasteiger partial charge in [-0.25, -0.2) is 4.68 Å². The van der Waals surface area contributed by atoms with Crippen LogP contribution in [-0.2, 0) is 6.54 Å². The number of aromatic nitrogens is 3. The fourth-order valence-electron chi connectivity index (χ4n) is 1.50. The van der Waals surface area contributed by atoms with Crippen LogP contribution in [0, 0.1) is 0 Å². The van der Waals surface area contributed by atoms with E-state index in [0.29, 0.717) is 0 Å². The summed E-state index contributed by atoms with van der Waals surface area (Å²) in [5.41, 5.74) is 7.97. The highest BCUT2D eigenvalue weighted by Crippen LogP contribution is 2.09. The van der Waals surface area contributed by atoms with Gasteiger partial charge in [0.15, 0.2) is 0 Å². The lowest BCUT2D eigenvalue weighted by molar-refractivity contribution is 0.590. The Balaban J connectivity index is 2.21. The Labute approximate surface area is 88.7 Å². The summed E-state index contributed by atoms with van der Waals surface area (Å²) in [6.45, 7) is 2.65. The van der Waals surface area contributed by atoms with Gasteiger partial charge in [-0.2, -0.15) is 0 Å². The van der Waals surface area contributed by atoms with Crippen LogP contribution in [0.2, 0.25) is 0 Å². The normalized spacial score (nSPS) is 12.7. The lowest BCUT2D eigenvalue weighted by atomic mass is 10.2. The summed E-state index contributed by atoms with van der Waals surface area (Å²) in [7, 11) is 0. The summed E-state index contributed by atoms with van der Waals surface area (Å²) in [5, 5.41) is 7.89. The van der Waals surface area contributed by atoms with Crippen LogP contribution >= 0.6 is 0 Å². The zero-order chi connectivity index (χ0) is 10.7. The van der Waals surface area contributed by atoms with E-state index >= 15 is 0 Å². The van der Waals surface area contributed by atoms with E-state index in [1.165, 1.54) is 5.56 Å². The minimum absolute atomic E-state index is 0.0382. The van der Waals surface area contributed by atoms with Gasteiger partial charge in [0, 0.05) is 6.04 Å². The third kappa shape index (κ3) is 2.22. The van der Waals surface area contributed by atoms with E-state index in [2.05, 4.69) is 22.4 Å². The van der Waals surface area contributed by atoms with Crippen molar-refractivity contribution in [1.82, 2.24) is 15.0 Å². The van der Waals surface area contributed by atoms with Crippen molar-refractivity contribution in [2.24, 2.45) is 5.73 Å². The highest BCUT2D eigenvalue weighted by Gasteiger charge is 2.07. The van der Waals surface area contributed by atoms with Gasteiger partial charge in [0.25, 0.3) is 0 Å². The van der Waals surface area contributed by atoms with E-state index in [4.69, 9.17) is 5.73 Å². The van der Waals surface area contributed by atoms with Crippen molar-refractivity contribution in [1.29, 1.82) is 0 Å². The van der Waals surface area contributed by atoms with Crippen LogP contribution in [0.25, 0.3) is 0 Å². The third-order valence-corrected chi connectivity index (χ3v) is 2.29. The molecule has 1 unspecified atom stereocenters. The number of benzene rings is 1. The topological polar surface area (TPSA) is 56.7 Å². The van der Waals surface area contributed by atoms with E-state index in [1.54, 1.807) is 6.20 Å². The molecule has 2 rings (SSSR count). The molecular formula is C11H14N4. The first-order valence-electron chi connectivity index (χ1n) is 4.95. The maximum Gasteiger partial charge on any atom is 0.0755 e. The average Bonchev–Trinajstić information content (AvgIpc) is 2.67. The number of nitrogens with two attached hydrogens (primary N) is 1. The Morgan fingerprint density at radius 3 is 2.73 bits per heavy atom. The van der Waals surface area contributed by atoms with Crippen molar-refractivity contribution in [2.45, 2.75) is 19.5 Å². The second-order valence-corrected chi connectivity index (χ2v) is 3.59. The fourth-order valence-corrected chi connectivity index (χ4v) is 1.50. The Kier molecular flexibility index (Phi) is 2.78. The van der Waals surface area contributed by atoms with Crippen molar-refractivity contribution < 1.29 is 0 Å². The van der Waals surface area contributed by atoms with Crippen LogP contribution in [-0.4, -0.2) is 15.0 Å². The van der Waals surface area contributed by atoms with Crippen LogP contribution in [0.5, 0.6) is 0 Å². The smallest absolute Gasteiger partial charge is 0.0755 e. The van der Waals surface area contributed by atoms with Gasteiger partial charge < -0.3 is 5.73 Å². The summed E-state index contributed by atoms with van der Waals surface area (Å²) in [4.78, 5) is 0. The van der Waals surface area contributed by atoms with Crippen molar-refractivity contribution in [3.05, 3.63) is 47.8 Å². The molecule has 78 valence electrons. The van der Waals surface area contributed by atoms with Gasteiger partial charge in [0.2, 0.25) is 0 Å². The highest BCUT2D eigenvalue weighted by molar-refractivity contribution is 5.15. The predicted octanol–water partition coefficient (Wildman–Crippen LogP) is 1.35. The van der Waals surface area contributed by atoms with E-state index in [-0.39, 0.29) is 6.04 Å². The Bertz CT molecular complexity index is 419. The van der Waals surface area contributed by atoms with Gasteiger partial charge in [0.1, 0.15) is 0 Å². The van der Waals surface area contributed by atoms with Gasteiger partial charge in [-0.3, -0.25) is 0 Å². The Hall–Kier alpha value is -1.68. The first kappa shape index (κ1) is 9.86. The van der Waals surface area contributed by atoms with Crippen LogP contribution in [0.15, 0.2) is 36.5 Å². The molecule has 0 bridgehead atoms. The summed E-state index contributed by atoms with van der Waals surface area (Å²) < 4.78 is 1.83. The van der Waals surface area contributed by atoms with Crippen LogP contribution in [0.1, 0.15) is 24.2 Å². The molecule has 0 saturated heterocycles. The number of nitrogens with zero attached hydrogens (tertiary/aromatic N) is 3. The lowest BCUT2D eigenvalue weighted by Gasteiger charge is -2.08. The van der Waals surface area contributed by atoms with Crippen LogP contribution < -0.4 is 5.73 Å². The van der Waals surface area contributed by atoms with Gasteiger partial charge in [0.05, 0.1) is 18.4 Å². The predicted molar refractivity (Wildman–Crippen MR) is 58.2 cm³/mol. The molecule has 2 N–H and O–H groups in total. The van der Waals surface area contributed by atoms with Crippen LogP contribution in [0.3, 0.4) is 0 Å². The molecule has 4 heteroatoms. The zero-order valence-electron chi connectivity index (χ0n) is 8.67. The maximum absolute atomic E-state index is 5.81. The molecule has 1 heterocycles. The third-order valence-electron chi connectivity index (χ3n) is 2.29. The van der Waals surface area contributed by atoms with Crippen molar-refractivity contribution in [3.63, 3.8) is 0 Å². The van der Waals surface area contributed by atoms with E-state index in [1.807, 2.05) is 29.8 Å². The molecule has 0 fully saturated rings. The molecule has 0 spiro atoms. The number of rotatable bonds is 3. The first-order valence-corrected chi connectivity index (χ1v) is 4.95. The maximum atomic E-state index is 5.81. The molecule has 0 aliphatic carbocycles. The Morgan fingerprint density at radius 2 is 2.07 bits per heavy atom. The molecule has 1 aromatic carbocycles. The molecule has 0 amide bonds. The van der Waals surface area contributed by atoms with Gasteiger partial charge in [-0.05, 0) is 12.5 Å². The quantitative estimate of drug-likeness (QED) is 0.817. The largest absolute Gasteiger partial charge is 0.323 e. The van der Waals surface area contributed by atoms with Crippen molar-refractivity contribution in [2.75, 3.05) is 0 Å². The molecular weight excluding hydrogens is 188 g/mol. The zero-order valence-corrected chi connectivity index (χ0v) is 8.67. The molecule has 15 heavy (non-hydrogen) atoms. The van der Waals surface area contributed by atoms with Crippen molar-refractivity contribution >= 4 is 0 Å². The highest BCUT2D eigenvalue weighted by atomic mass is 15.4. The van der Waals surface area contributed by atoms with E-state index in [0.717, 1.165) is 12.2 Å². The SMILES string of the molecule is CC(N)c1cnnn1Cc1ccccc1. The lowest BCUT2D eigenvalue weighted by Crippen LogP contribution is -2.13. The van der Waals surface area contributed by atoms with Crippen LogP contribution in [0.4, 0.5) is 0 Å². The molecule has 0 aliphatic rings. The molecule has 1 aromatic heterocycles. The van der Waals surface area contributed by atoms with E-state index in [9.17, 15) is 0 Å². The average molecular weight is 202 g/mol. The second kappa shape index (κ2) is 4.23. The molecule has 0 radical (unpaired) electrons. The number of hydrogen-bond donors (Lipinski definition) is 1. The molecule has 0 saturated carbocycles. The summed E-state index contributed by atoms with van der Waals surface area (Å²) >= 11 is 0. The minimum atomic E-state index is -0.0382. The van der Waals surface area contributed by atoms with Gasteiger partial charge >= 0.3 is 0 Å². The molecule has 1 atom stereocenters. The van der Waals surface area contributed by atoms with Gasteiger partial charge in [-0.1, -0.05) is 35.5 Å². The summed E-state index contributed by atoms with van der Waals surface area (Å²) in [5.74, 6) is 0. The van der Waals surface area contributed by atoms with Gasteiger partial charge in [-0.15, -0.1) is 5.10 Å². The Morgan fingerprint density at radius 1 is 1.33 bits per heavy atom. The standard InChI is InChI=1S/C11H14N4/c1-9(12)11-7-13-14-15(11)8-10-5-3-2-4-6-10/h2-7,9H,8,12H2,1H3. The summed E-state index contributed by atoms with van der Waals surface area (Å²) in [6.07, 6.45) is 1.72. The molecule has 0 aliphatic heterocycles. The second-order valence-electron chi connectivity index (χ2n) is 3.59. The van der Waals surface area contributed by atoms with Crippen molar-refractivity contribution in [3.8, 4) is 0 Å². The molecule has 2 aromatic rings. The summed E-state index contributed by atoms with van der Waals surface area (Å²) in [6, 6.07) is 10.1. The monoisotopic (exact) mass is 202 g/mol. The first-order chi connectivity index (χ1) is 7.27. The fraction of sp³-hybridized carbons (Fsp3) is 0.273. The van der Waals surface area contributed by atoms with E-state index < -0.39 is 0 Å². The minimum Gasteiger partial charge on any atom is -0.323 e. The number of hydrogen-bond acceptors (Lipinski definition) is 3.